The lowest BCUT2D eigenvalue weighted by molar-refractivity contribution is -0.129. The van der Waals surface area contributed by atoms with Crippen LogP contribution in [0.3, 0.4) is 0 Å². The summed E-state index contributed by atoms with van der Waals surface area (Å²) in [5, 5.41) is 2.81. The fourth-order valence-corrected chi connectivity index (χ4v) is 1.55. The van der Waals surface area contributed by atoms with Crippen molar-refractivity contribution >= 4 is 5.91 Å². The molecule has 1 saturated carbocycles. The van der Waals surface area contributed by atoms with E-state index in [0.29, 0.717) is 13.2 Å². The molecule has 0 heterocycles. The summed E-state index contributed by atoms with van der Waals surface area (Å²) in [6.45, 7) is 4.06. The molecule has 1 aliphatic carbocycles. The van der Waals surface area contributed by atoms with Gasteiger partial charge in [-0.1, -0.05) is 13.3 Å². The van der Waals surface area contributed by atoms with Crippen molar-refractivity contribution in [2.45, 2.75) is 44.6 Å². The normalized spacial score (nSPS) is 18.3. The van der Waals surface area contributed by atoms with Gasteiger partial charge < -0.3 is 15.8 Å². The number of hydrogen-bond acceptors (Lipinski definition) is 3. The molecule has 88 valence electrons. The molecule has 1 amide bonds. The van der Waals surface area contributed by atoms with Crippen molar-refractivity contribution in [2.75, 3.05) is 19.8 Å². The fraction of sp³-hybridized carbons (Fsp3) is 0.909. The fourth-order valence-electron chi connectivity index (χ4n) is 1.55. The van der Waals surface area contributed by atoms with Crippen LogP contribution in [0.4, 0.5) is 0 Å². The van der Waals surface area contributed by atoms with Crippen LogP contribution in [0.1, 0.15) is 39.0 Å². The van der Waals surface area contributed by atoms with Crippen molar-refractivity contribution in [1.82, 2.24) is 5.32 Å². The Kier molecular flexibility index (Phi) is 5.05. The van der Waals surface area contributed by atoms with Gasteiger partial charge in [0, 0.05) is 13.2 Å². The number of unbranched alkanes of at least 4 members (excludes halogenated alkanes) is 1. The molecule has 0 aliphatic heterocycles. The SMILES string of the molecule is CCCCOCCNC(=O)C1(N)CCC1. The van der Waals surface area contributed by atoms with Crippen molar-refractivity contribution < 1.29 is 9.53 Å². The molecule has 0 saturated heterocycles. The van der Waals surface area contributed by atoms with E-state index in [1.807, 2.05) is 0 Å². The summed E-state index contributed by atoms with van der Waals surface area (Å²) in [7, 11) is 0. The number of carbonyl (C=O) groups excluding carboxylic acids is 1. The largest absolute Gasteiger partial charge is 0.380 e. The van der Waals surface area contributed by atoms with E-state index in [2.05, 4.69) is 12.2 Å². The van der Waals surface area contributed by atoms with Crippen molar-refractivity contribution in [3.63, 3.8) is 0 Å². The highest BCUT2D eigenvalue weighted by molar-refractivity contribution is 5.86. The third kappa shape index (κ3) is 3.80. The summed E-state index contributed by atoms with van der Waals surface area (Å²) in [6, 6.07) is 0. The Bertz CT molecular complexity index is 203. The molecule has 0 aromatic rings. The number of amides is 1. The molecule has 0 aromatic heterocycles. The van der Waals surface area contributed by atoms with Crippen molar-refractivity contribution in [3.8, 4) is 0 Å². The highest BCUT2D eigenvalue weighted by Crippen LogP contribution is 2.28. The van der Waals surface area contributed by atoms with Crippen LogP contribution in [0.15, 0.2) is 0 Å². The molecular formula is C11H22N2O2. The molecule has 0 radical (unpaired) electrons. The molecule has 3 N–H and O–H groups in total. The van der Waals surface area contributed by atoms with Gasteiger partial charge in [-0.05, 0) is 25.7 Å². The minimum atomic E-state index is -0.580. The van der Waals surface area contributed by atoms with Gasteiger partial charge in [0.05, 0.1) is 12.1 Å². The lowest BCUT2D eigenvalue weighted by atomic mass is 9.77. The van der Waals surface area contributed by atoms with Gasteiger partial charge in [0.2, 0.25) is 5.91 Å². The van der Waals surface area contributed by atoms with Gasteiger partial charge in [-0.3, -0.25) is 4.79 Å². The summed E-state index contributed by atoms with van der Waals surface area (Å²) in [4.78, 5) is 11.5. The molecule has 0 spiro atoms. The highest BCUT2D eigenvalue weighted by atomic mass is 16.5. The quantitative estimate of drug-likeness (QED) is 0.616. The van der Waals surface area contributed by atoms with Crippen LogP contribution in [-0.4, -0.2) is 31.2 Å². The van der Waals surface area contributed by atoms with E-state index in [4.69, 9.17) is 10.5 Å². The number of nitrogens with one attached hydrogen (secondary N) is 1. The third-order valence-corrected chi connectivity index (χ3v) is 2.87. The van der Waals surface area contributed by atoms with E-state index in [-0.39, 0.29) is 5.91 Å². The first-order valence-corrected chi connectivity index (χ1v) is 5.84. The minimum absolute atomic E-state index is 0.0205. The maximum Gasteiger partial charge on any atom is 0.240 e. The molecule has 0 aromatic carbocycles. The zero-order valence-corrected chi connectivity index (χ0v) is 9.55. The average molecular weight is 214 g/mol. The number of ether oxygens (including phenoxy) is 1. The molecule has 0 unspecified atom stereocenters. The van der Waals surface area contributed by atoms with Crippen molar-refractivity contribution in [1.29, 1.82) is 0 Å². The topological polar surface area (TPSA) is 64.3 Å². The highest BCUT2D eigenvalue weighted by Gasteiger charge is 2.39. The first kappa shape index (κ1) is 12.5. The van der Waals surface area contributed by atoms with Gasteiger partial charge in [-0.2, -0.15) is 0 Å². The Labute approximate surface area is 91.5 Å². The molecule has 0 atom stereocenters. The van der Waals surface area contributed by atoms with Gasteiger partial charge >= 0.3 is 0 Å². The monoisotopic (exact) mass is 214 g/mol. The van der Waals surface area contributed by atoms with Gasteiger partial charge in [-0.15, -0.1) is 0 Å². The molecular weight excluding hydrogens is 192 g/mol. The minimum Gasteiger partial charge on any atom is -0.380 e. The van der Waals surface area contributed by atoms with Crippen LogP contribution >= 0.6 is 0 Å². The van der Waals surface area contributed by atoms with E-state index < -0.39 is 5.54 Å². The molecule has 0 bridgehead atoms. The van der Waals surface area contributed by atoms with Crippen LogP contribution < -0.4 is 11.1 Å². The standard InChI is InChI=1S/C11H22N2O2/c1-2-3-8-15-9-7-13-10(14)11(12)5-4-6-11/h2-9,12H2,1H3,(H,13,14). The van der Waals surface area contributed by atoms with Gasteiger partial charge in [0.1, 0.15) is 0 Å². The summed E-state index contributed by atoms with van der Waals surface area (Å²) >= 11 is 0. The third-order valence-electron chi connectivity index (χ3n) is 2.87. The maximum absolute atomic E-state index is 11.5. The lowest BCUT2D eigenvalue weighted by Gasteiger charge is -2.36. The van der Waals surface area contributed by atoms with Gasteiger partial charge in [0.15, 0.2) is 0 Å². The van der Waals surface area contributed by atoms with E-state index >= 15 is 0 Å². The first-order valence-electron chi connectivity index (χ1n) is 5.84. The number of hydrogen-bond donors (Lipinski definition) is 2. The predicted octanol–water partition coefficient (Wildman–Crippen LogP) is 0.801. The zero-order chi connectivity index (χ0) is 11.1. The van der Waals surface area contributed by atoms with E-state index in [1.54, 1.807) is 0 Å². The van der Waals surface area contributed by atoms with Crippen molar-refractivity contribution in [3.05, 3.63) is 0 Å². The Hall–Kier alpha value is -0.610. The average Bonchev–Trinajstić information content (AvgIpc) is 2.19. The van der Waals surface area contributed by atoms with E-state index in [0.717, 1.165) is 38.7 Å². The molecule has 4 heteroatoms. The second-order valence-corrected chi connectivity index (χ2v) is 4.23. The smallest absolute Gasteiger partial charge is 0.240 e. The summed E-state index contributed by atoms with van der Waals surface area (Å²) in [6.07, 6.45) is 4.91. The molecule has 4 nitrogen and oxygen atoms in total. The summed E-state index contributed by atoms with van der Waals surface area (Å²) in [5.74, 6) is -0.0205. The summed E-state index contributed by atoms with van der Waals surface area (Å²) in [5.41, 5.74) is 5.28. The van der Waals surface area contributed by atoms with E-state index in [1.165, 1.54) is 0 Å². The Morgan fingerprint density at radius 2 is 2.20 bits per heavy atom. The van der Waals surface area contributed by atoms with Crippen LogP contribution in [-0.2, 0) is 9.53 Å². The van der Waals surface area contributed by atoms with Gasteiger partial charge in [-0.25, -0.2) is 0 Å². The lowest BCUT2D eigenvalue weighted by Crippen LogP contribution is -2.58. The van der Waals surface area contributed by atoms with Crippen LogP contribution in [0.2, 0.25) is 0 Å². The Morgan fingerprint density at radius 3 is 2.73 bits per heavy atom. The Balaban J connectivity index is 1.97. The summed E-state index contributed by atoms with van der Waals surface area (Å²) < 4.78 is 5.33. The van der Waals surface area contributed by atoms with Crippen LogP contribution in [0.5, 0.6) is 0 Å². The zero-order valence-electron chi connectivity index (χ0n) is 9.55. The predicted molar refractivity (Wildman–Crippen MR) is 59.5 cm³/mol. The molecule has 1 aliphatic rings. The number of nitrogens with two attached hydrogens (primary N) is 1. The van der Waals surface area contributed by atoms with Crippen LogP contribution in [0, 0.1) is 0 Å². The van der Waals surface area contributed by atoms with Crippen LogP contribution in [0.25, 0.3) is 0 Å². The van der Waals surface area contributed by atoms with Gasteiger partial charge in [0.25, 0.3) is 0 Å². The van der Waals surface area contributed by atoms with E-state index in [9.17, 15) is 4.79 Å². The van der Waals surface area contributed by atoms with Crippen molar-refractivity contribution in [2.24, 2.45) is 5.73 Å². The molecule has 15 heavy (non-hydrogen) atoms. The Morgan fingerprint density at radius 1 is 1.47 bits per heavy atom. The first-order chi connectivity index (χ1) is 7.19. The molecule has 1 fully saturated rings. The number of carbonyl (C=O) groups is 1. The second kappa shape index (κ2) is 6.08. The molecule has 1 rings (SSSR count). The number of rotatable bonds is 7. The maximum atomic E-state index is 11.5. The second-order valence-electron chi connectivity index (χ2n) is 4.23.